The molecule has 1 heterocycles. The van der Waals surface area contributed by atoms with Crippen molar-refractivity contribution in [3.8, 4) is 0 Å². The van der Waals surface area contributed by atoms with E-state index in [-0.39, 0.29) is 17.8 Å². The van der Waals surface area contributed by atoms with E-state index in [0.29, 0.717) is 6.54 Å². The van der Waals surface area contributed by atoms with Crippen LogP contribution in [-0.4, -0.2) is 10.9 Å². The van der Waals surface area contributed by atoms with Gasteiger partial charge in [-0.15, -0.1) is 11.3 Å². The lowest BCUT2D eigenvalue weighted by atomic mass is 10.1. The number of halogens is 1. The van der Waals surface area contributed by atoms with Crippen LogP contribution in [0.25, 0.3) is 0 Å². The minimum atomic E-state index is -0.444. The molecule has 0 fully saturated rings. The maximum atomic E-state index is 13.9. The van der Waals surface area contributed by atoms with Gasteiger partial charge in [0.15, 0.2) is 0 Å². The van der Waals surface area contributed by atoms with Crippen LogP contribution in [0, 0.1) is 12.7 Å². The highest BCUT2D eigenvalue weighted by molar-refractivity contribution is 7.10. The standard InChI is InChI=1S/C21H21FN2OS/c1-15-12-13-26-20(15)14-24(16(2)17-8-4-3-5-9-17)21(25)23-19-11-7-6-10-18(19)22/h3-13,16H,14H2,1-2H3,(H,23,25). The second-order valence-electron chi connectivity index (χ2n) is 6.15. The molecule has 3 nitrogen and oxygen atoms in total. The third kappa shape index (κ3) is 4.11. The number of para-hydroxylation sites is 1. The van der Waals surface area contributed by atoms with Gasteiger partial charge in [-0.2, -0.15) is 0 Å². The first-order chi connectivity index (χ1) is 12.6. The molecule has 3 rings (SSSR count). The Balaban J connectivity index is 1.88. The van der Waals surface area contributed by atoms with Crippen molar-refractivity contribution in [1.82, 2.24) is 4.90 Å². The smallest absolute Gasteiger partial charge is 0.313 e. The first-order valence-electron chi connectivity index (χ1n) is 8.46. The molecule has 0 saturated heterocycles. The third-order valence-electron chi connectivity index (χ3n) is 4.41. The van der Waals surface area contributed by atoms with Crippen LogP contribution in [0.5, 0.6) is 0 Å². The zero-order chi connectivity index (χ0) is 18.5. The quantitative estimate of drug-likeness (QED) is 0.589. The number of hydrogen-bond donors (Lipinski definition) is 1. The van der Waals surface area contributed by atoms with Gasteiger partial charge in [-0.3, -0.25) is 0 Å². The number of nitrogens with one attached hydrogen (secondary N) is 1. The van der Waals surface area contributed by atoms with Gasteiger partial charge in [0.25, 0.3) is 0 Å². The Labute approximate surface area is 157 Å². The summed E-state index contributed by atoms with van der Waals surface area (Å²) in [5.74, 6) is -0.444. The second-order valence-corrected chi connectivity index (χ2v) is 7.15. The molecule has 26 heavy (non-hydrogen) atoms. The Kier molecular flexibility index (Phi) is 5.68. The van der Waals surface area contributed by atoms with Crippen LogP contribution in [0.1, 0.15) is 29.0 Å². The molecular formula is C21H21FN2OS. The first kappa shape index (κ1) is 18.1. The molecule has 0 aliphatic rings. The molecule has 1 unspecified atom stereocenters. The van der Waals surface area contributed by atoms with Crippen molar-refractivity contribution < 1.29 is 9.18 Å². The van der Waals surface area contributed by atoms with Crippen molar-refractivity contribution in [1.29, 1.82) is 0 Å². The number of hydrogen-bond acceptors (Lipinski definition) is 2. The summed E-state index contributed by atoms with van der Waals surface area (Å²) in [5.41, 5.74) is 2.37. The van der Waals surface area contributed by atoms with Crippen LogP contribution >= 0.6 is 11.3 Å². The first-order valence-corrected chi connectivity index (χ1v) is 9.34. The minimum Gasteiger partial charge on any atom is -0.313 e. The number of aryl methyl sites for hydroxylation is 1. The van der Waals surface area contributed by atoms with Crippen molar-refractivity contribution in [2.24, 2.45) is 0 Å². The zero-order valence-corrected chi connectivity index (χ0v) is 15.6. The number of amides is 2. The fraction of sp³-hybridized carbons (Fsp3) is 0.190. The number of carbonyl (C=O) groups is 1. The summed E-state index contributed by atoms with van der Waals surface area (Å²) in [4.78, 5) is 15.8. The highest BCUT2D eigenvalue weighted by atomic mass is 32.1. The van der Waals surface area contributed by atoms with Gasteiger partial charge in [0, 0.05) is 4.88 Å². The normalized spacial score (nSPS) is 11.8. The number of anilines is 1. The van der Waals surface area contributed by atoms with E-state index in [0.717, 1.165) is 16.0 Å². The number of carbonyl (C=O) groups excluding carboxylic acids is 1. The maximum absolute atomic E-state index is 13.9. The summed E-state index contributed by atoms with van der Waals surface area (Å²) < 4.78 is 13.9. The Morgan fingerprint density at radius 3 is 2.46 bits per heavy atom. The lowest BCUT2D eigenvalue weighted by Gasteiger charge is -2.30. The van der Waals surface area contributed by atoms with E-state index in [9.17, 15) is 9.18 Å². The molecule has 134 valence electrons. The summed E-state index contributed by atoms with van der Waals surface area (Å²) in [6.07, 6.45) is 0. The highest BCUT2D eigenvalue weighted by Crippen LogP contribution is 2.27. The minimum absolute atomic E-state index is 0.149. The average Bonchev–Trinajstić information content (AvgIpc) is 3.06. The van der Waals surface area contributed by atoms with Gasteiger partial charge in [-0.25, -0.2) is 9.18 Å². The van der Waals surface area contributed by atoms with E-state index < -0.39 is 5.82 Å². The van der Waals surface area contributed by atoms with Crippen LogP contribution < -0.4 is 5.32 Å². The van der Waals surface area contributed by atoms with Crippen molar-refractivity contribution in [2.45, 2.75) is 26.4 Å². The fourth-order valence-corrected chi connectivity index (χ4v) is 3.67. The van der Waals surface area contributed by atoms with Crippen molar-refractivity contribution in [3.63, 3.8) is 0 Å². The van der Waals surface area contributed by atoms with E-state index in [2.05, 4.69) is 5.32 Å². The van der Waals surface area contributed by atoms with Crippen molar-refractivity contribution >= 4 is 23.1 Å². The van der Waals surface area contributed by atoms with Gasteiger partial charge >= 0.3 is 6.03 Å². The molecule has 0 saturated carbocycles. The summed E-state index contributed by atoms with van der Waals surface area (Å²) in [6, 6.07) is 17.6. The summed E-state index contributed by atoms with van der Waals surface area (Å²) in [6.45, 7) is 4.49. The average molecular weight is 368 g/mol. The number of benzene rings is 2. The Hall–Kier alpha value is -2.66. The van der Waals surface area contributed by atoms with Gasteiger partial charge in [-0.1, -0.05) is 42.5 Å². The van der Waals surface area contributed by atoms with Gasteiger partial charge in [0.05, 0.1) is 18.3 Å². The predicted molar refractivity (Wildman–Crippen MR) is 105 cm³/mol. The topological polar surface area (TPSA) is 32.3 Å². The van der Waals surface area contributed by atoms with Crippen LogP contribution in [0.15, 0.2) is 66.0 Å². The number of rotatable bonds is 5. The summed E-state index contributed by atoms with van der Waals surface area (Å²) in [7, 11) is 0. The summed E-state index contributed by atoms with van der Waals surface area (Å²) >= 11 is 1.62. The number of thiophene rings is 1. The third-order valence-corrected chi connectivity index (χ3v) is 5.42. The second kappa shape index (κ2) is 8.15. The molecule has 0 radical (unpaired) electrons. The van der Waals surface area contributed by atoms with Crippen LogP contribution in [0.4, 0.5) is 14.9 Å². The number of nitrogens with zero attached hydrogens (tertiary/aromatic N) is 1. The molecule has 1 aromatic heterocycles. The number of urea groups is 1. The van der Waals surface area contributed by atoms with Crippen molar-refractivity contribution in [3.05, 3.63) is 87.9 Å². The Morgan fingerprint density at radius 2 is 1.81 bits per heavy atom. The molecule has 2 aromatic carbocycles. The predicted octanol–water partition coefficient (Wildman–Crippen LogP) is 5.99. The fourth-order valence-electron chi connectivity index (χ4n) is 2.77. The van der Waals surface area contributed by atoms with E-state index >= 15 is 0 Å². The van der Waals surface area contributed by atoms with Gasteiger partial charge < -0.3 is 10.2 Å². The largest absolute Gasteiger partial charge is 0.322 e. The molecule has 1 atom stereocenters. The van der Waals surface area contributed by atoms with E-state index in [1.54, 1.807) is 34.4 Å². The van der Waals surface area contributed by atoms with Gasteiger partial charge in [0.1, 0.15) is 5.82 Å². The molecule has 1 N–H and O–H groups in total. The monoisotopic (exact) mass is 368 g/mol. The Bertz CT molecular complexity index is 878. The van der Waals surface area contributed by atoms with Crippen LogP contribution in [0.3, 0.4) is 0 Å². The molecule has 0 aliphatic heterocycles. The highest BCUT2D eigenvalue weighted by Gasteiger charge is 2.23. The van der Waals surface area contributed by atoms with E-state index in [1.165, 1.54) is 6.07 Å². The maximum Gasteiger partial charge on any atom is 0.322 e. The van der Waals surface area contributed by atoms with Gasteiger partial charge in [0.2, 0.25) is 0 Å². The van der Waals surface area contributed by atoms with Gasteiger partial charge in [-0.05, 0) is 48.6 Å². The van der Waals surface area contributed by atoms with E-state index in [4.69, 9.17) is 0 Å². The molecular weight excluding hydrogens is 347 g/mol. The SMILES string of the molecule is Cc1ccsc1CN(C(=O)Nc1ccccc1F)C(C)c1ccccc1. The molecule has 0 spiro atoms. The molecule has 3 aromatic rings. The lowest BCUT2D eigenvalue weighted by molar-refractivity contribution is 0.190. The lowest BCUT2D eigenvalue weighted by Crippen LogP contribution is -2.36. The molecule has 2 amide bonds. The van der Waals surface area contributed by atoms with Crippen molar-refractivity contribution in [2.75, 3.05) is 5.32 Å². The summed E-state index contributed by atoms with van der Waals surface area (Å²) in [5, 5.41) is 4.73. The molecule has 0 aliphatic carbocycles. The zero-order valence-electron chi connectivity index (χ0n) is 14.8. The Morgan fingerprint density at radius 1 is 1.12 bits per heavy atom. The molecule has 0 bridgehead atoms. The molecule has 5 heteroatoms. The van der Waals surface area contributed by atoms with E-state index in [1.807, 2.05) is 55.6 Å². The van der Waals surface area contributed by atoms with Crippen LogP contribution in [-0.2, 0) is 6.54 Å². The van der Waals surface area contributed by atoms with Crippen LogP contribution in [0.2, 0.25) is 0 Å².